The van der Waals surface area contributed by atoms with Crippen molar-refractivity contribution >= 4 is 0 Å². The number of hydrogen-bond acceptors (Lipinski definition) is 2. The van der Waals surface area contributed by atoms with E-state index < -0.39 is 0 Å². The molecule has 3 heteroatoms. The first-order valence-corrected chi connectivity index (χ1v) is 1.99. The molecule has 1 aliphatic rings. The van der Waals surface area contributed by atoms with Gasteiger partial charge in [-0.05, 0) is 6.10 Å². The molecule has 0 bridgehead atoms. The molecule has 36 valence electrons. The van der Waals surface area contributed by atoms with Gasteiger partial charge < -0.3 is 9.84 Å². The summed E-state index contributed by atoms with van der Waals surface area (Å²) in [6.07, 6.45) is 1.44. The van der Waals surface area contributed by atoms with E-state index in [4.69, 9.17) is 9.84 Å². The van der Waals surface area contributed by atoms with Gasteiger partial charge in [0.25, 0.3) is 0 Å². The molecular weight excluding hydrogens is 119 g/mol. The van der Waals surface area contributed by atoms with Gasteiger partial charge in [-0.1, -0.05) is 6.61 Å². The molecule has 0 aromatic heterocycles. The van der Waals surface area contributed by atoms with Crippen LogP contribution in [0.3, 0.4) is 0 Å². The van der Waals surface area contributed by atoms with Gasteiger partial charge in [0.2, 0.25) is 0 Å². The zero-order valence-electron chi connectivity index (χ0n) is 4.42. The molecule has 2 nitrogen and oxygen atoms in total. The van der Waals surface area contributed by atoms with Gasteiger partial charge in [-0.2, -0.15) is 0 Å². The van der Waals surface area contributed by atoms with Crippen molar-refractivity contribution in [2.24, 2.45) is 0 Å². The summed E-state index contributed by atoms with van der Waals surface area (Å²) in [5.41, 5.74) is 0. The standard InChI is InChI=1S/C4H7O2.K/c5-4-1-2-6-3-4;/h1,4-5H,2-3H2;/q-1;+1. The topological polar surface area (TPSA) is 29.5 Å². The van der Waals surface area contributed by atoms with Crippen LogP contribution in [-0.4, -0.2) is 24.4 Å². The minimum Gasteiger partial charge on any atom is -0.423 e. The zero-order chi connectivity index (χ0) is 4.41. The second kappa shape index (κ2) is 4.44. The maximum Gasteiger partial charge on any atom is 1.00 e. The molecule has 1 atom stereocenters. The second-order valence-corrected chi connectivity index (χ2v) is 1.34. The van der Waals surface area contributed by atoms with Crippen molar-refractivity contribution in [3.05, 3.63) is 6.42 Å². The van der Waals surface area contributed by atoms with Gasteiger partial charge >= 0.3 is 51.4 Å². The first kappa shape index (κ1) is 8.56. The Bertz CT molecular complexity index is 43.0. The number of aliphatic hydroxyl groups excluding tert-OH is 1. The monoisotopic (exact) mass is 126 g/mol. The van der Waals surface area contributed by atoms with E-state index in [2.05, 4.69) is 0 Å². The molecule has 1 aliphatic heterocycles. The predicted molar refractivity (Wildman–Crippen MR) is 21.1 cm³/mol. The predicted octanol–water partition coefficient (Wildman–Crippen LogP) is -3.41. The average molecular weight is 126 g/mol. The van der Waals surface area contributed by atoms with E-state index in [0.29, 0.717) is 13.2 Å². The minimum atomic E-state index is -0.301. The maximum atomic E-state index is 8.55. The molecule has 0 aromatic rings. The van der Waals surface area contributed by atoms with Gasteiger partial charge in [-0.25, -0.2) is 0 Å². The Morgan fingerprint density at radius 3 is 2.57 bits per heavy atom. The SMILES string of the molecule is OC1[CH-]COC1.[K+]. The van der Waals surface area contributed by atoms with Crippen LogP contribution in [0.2, 0.25) is 0 Å². The van der Waals surface area contributed by atoms with E-state index in [1.165, 1.54) is 0 Å². The molecule has 1 fully saturated rings. The molecule has 1 N–H and O–H groups in total. The van der Waals surface area contributed by atoms with Crippen LogP contribution in [0.15, 0.2) is 0 Å². The third-order valence-corrected chi connectivity index (χ3v) is 0.775. The molecule has 1 saturated heterocycles. The minimum absolute atomic E-state index is 0. The van der Waals surface area contributed by atoms with Crippen molar-refractivity contribution in [1.29, 1.82) is 0 Å². The van der Waals surface area contributed by atoms with Crippen molar-refractivity contribution in [2.75, 3.05) is 13.2 Å². The van der Waals surface area contributed by atoms with E-state index >= 15 is 0 Å². The van der Waals surface area contributed by atoms with Crippen LogP contribution in [0.25, 0.3) is 0 Å². The summed E-state index contributed by atoms with van der Waals surface area (Å²) < 4.78 is 4.75. The third kappa shape index (κ3) is 3.19. The van der Waals surface area contributed by atoms with E-state index in [1.54, 1.807) is 6.42 Å². The van der Waals surface area contributed by atoms with Crippen LogP contribution in [0.5, 0.6) is 0 Å². The molecule has 7 heavy (non-hydrogen) atoms. The van der Waals surface area contributed by atoms with Gasteiger partial charge in [0, 0.05) is 6.61 Å². The zero-order valence-corrected chi connectivity index (χ0v) is 7.55. The van der Waals surface area contributed by atoms with Crippen molar-refractivity contribution in [3.8, 4) is 0 Å². The van der Waals surface area contributed by atoms with Gasteiger partial charge in [0.1, 0.15) is 0 Å². The van der Waals surface area contributed by atoms with Gasteiger partial charge in [-0.15, -0.1) is 0 Å². The number of aliphatic hydroxyl groups is 1. The molecule has 0 spiro atoms. The molecule has 1 unspecified atom stereocenters. The summed E-state index contributed by atoms with van der Waals surface area (Å²) in [5.74, 6) is 0. The Balaban J connectivity index is 0.000000360. The Hall–Kier alpha value is 1.56. The van der Waals surface area contributed by atoms with Crippen LogP contribution in [-0.2, 0) is 4.74 Å². The van der Waals surface area contributed by atoms with Crippen LogP contribution in [0.1, 0.15) is 0 Å². The quantitative estimate of drug-likeness (QED) is 0.271. The van der Waals surface area contributed by atoms with Gasteiger partial charge in [0.15, 0.2) is 0 Å². The number of ether oxygens (including phenoxy) is 1. The van der Waals surface area contributed by atoms with Crippen molar-refractivity contribution < 1.29 is 61.2 Å². The normalized spacial score (nSPS) is 29.6. The molecular formula is C4H7KO2. The first-order valence-electron chi connectivity index (χ1n) is 1.99. The summed E-state index contributed by atoms with van der Waals surface area (Å²) in [6.45, 7) is 1.10. The summed E-state index contributed by atoms with van der Waals surface area (Å²) >= 11 is 0. The van der Waals surface area contributed by atoms with Crippen LogP contribution in [0, 0.1) is 6.42 Å². The molecule has 0 aromatic carbocycles. The molecule has 0 amide bonds. The summed E-state index contributed by atoms with van der Waals surface area (Å²) in [7, 11) is 0. The molecule has 0 saturated carbocycles. The molecule has 1 heterocycles. The van der Waals surface area contributed by atoms with Crippen LogP contribution < -0.4 is 51.4 Å². The van der Waals surface area contributed by atoms with Crippen molar-refractivity contribution in [3.63, 3.8) is 0 Å². The Morgan fingerprint density at radius 2 is 2.43 bits per heavy atom. The van der Waals surface area contributed by atoms with Gasteiger partial charge in [0.05, 0.1) is 0 Å². The van der Waals surface area contributed by atoms with E-state index in [-0.39, 0.29) is 57.5 Å². The first-order chi connectivity index (χ1) is 2.89. The van der Waals surface area contributed by atoms with Crippen LogP contribution in [0.4, 0.5) is 0 Å². The summed E-state index contributed by atoms with van der Waals surface area (Å²) in [4.78, 5) is 0. The summed E-state index contributed by atoms with van der Waals surface area (Å²) in [5, 5.41) is 8.55. The van der Waals surface area contributed by atoms with E-state index in [0.717, 1.165) is 0 Å². The van der Waals surface area contributed by atoms with E-state index in [1.807, 2.05) is 0 Å². The average Bonchev–Trinajstić information content (AvgIpc) is 1.86. The Labute approximate surface area is 85.7 Å². The molecule has 0 aliphatic carbocycles. The fourth-order valence-corrected chi connectivity index (χ4v) is 0.436. The Morgan fingerprint density at radius 1 is 1.71 bits per heavy atom. The Kier molecular flexibility index (Phi) is 5.42. The number of hydrogen-bond donors (Lipinski definition) is 1. The smallest absolute Gasteiger partial charge is 0.423 e. The van der Waals surface area contributed by atoms with Gasteiger partial charge in [-0.3, -0.25) is 6.42 Å². The number of rotatable bonds is 0. The molecule has 0 radical (unpaired) electrons. The third-order valence-electron chi connectivity index (χ3n) is 0.775. The summed E-state index contributed by atoms with van der Waals surface area (Å²) in [6, 6.07) is 0. The molecule has 1 rings (SSSR count). The van der Waals surface area contributed by atoms with Crippen LogP contribution >= 0.6 is 0 Å². The fourth-order valence-electron chi connectivity index (χ4n) is 0.436. The second-order valence-electron chi connectivity index (χ2n) is 1.34. The largest absolute Gasteiger partial charge is 1.00 e. The van der Waals surface area contributed by atoms with Crippen molar-refractivity contribution in [1.82, 2.24) is 0 Å². The van der Waals surface area contributed by atoms with E-state index in [9.17, 15) is 0 Å². The van der Waals surface area contributed by atoms with Crippen molar-refractivity contribution in [2.45, 2.75) is 6.10 Å². The fraction of sp³-hybridized carbons (Fsp3) is 0.750. The maximum absolute atomic E-state index is 8.55.